The second-order valence-corrected chi connectivity index (χ2v) is 5.86. The molecule has 2 aromatic rings. The predicted molar refractivity (Wildman–Crippen MR) is 79.4 cm³/mol. The fourth-order valence-electron chi connectivity index (χ4n) is 2.81. The van der Waals surface area contributed by atoms with Gasteiger partial charge in [-0.15, -0.1) is 0 Å². The highest BCUT2D eigenvalue weighted by Gasteiger charge is 2.29. The van der Waals surface area contributed by atoms with E-state index in [1.807, 2.05) is 28.9 Å². The Morgan fingerprint density at radius 2 is 2.33 bits per heavy atom. The van der Waals surface area contributed by atoms with Crippen molar-refractivity contribution >= 4 is 17.5 Å². The first-order valence-corrected chi connectivity index (χ1v) is 7.56. The first-order valence-electron chi connectivity index (χ1n) is 7.19. The molecule has 112 valence electrons. The van der Waals surface area contributed by atoms with E-state index in [-0.39, 0.29) is 17.2 Å². The van der Waals surface area contributed by atoms with Gasteiger partial charge < -0.3 is 9.32 Å². The maximum atomic E-state index is 12.6. The molecule has 0 spiro atoms. The summed E-state index contributed by atoms with van der Waals surface area (Å²) in [5.74, 6) is 0.221. The van der Waals surface area contributed by atoms with Crippen molar-refractivity contribution in [2.45, 2.75) is 38.8 Å². The zero-order valence-electron chi connectivity index (χ0n) is 12.0. The molecule has 0 radical (unpaired) electrons. The summed E-state index contributed by atoms with van der Waals surface area (Å²) in [4.78, 5) is 14.4. The standard InChI is InChI=1S/C15H18ClN3O2/c1-11-8-17-18(9-11)10-12-4-2-3-7-19(12)15(20)13-5-6-14(16)21-13/h5-6,8-9,12H,2-4,7,10H2,1H3/t12-/m1/s1. The molecule has 0 aromatic carbocycles. The first-order chi connectivity index (χ1) is 10.1. The summed E-state index contributed by atoms with van der Waals surface area (Å²) in [6.45, 7) is 3.48. The summed E-state index contributed by atoms with van der Waals surface area (Å²) < 4.78 is 7.16. The van der Waals surface area contributed by atoms with Crippen LogP contribution in [0.3, 0.4) is 0 Å². The number of aromatic nitrogens is 2. The van der Waals surface area contributed by atoms with Gasteiger partial charge in [0.1, 0.15) is 0 Å². The van der Waals surface area contributed by atoms with Gasteiger partial charge in [-0.1, -0.05) is 0 Å². The van der Waals surface area contributed by atoms with Crippen molar-refractivity contribution < 1.29 is 9.21 Å². The topological polar surface area (TPSA) is 51.3 Å². The summed E-state index contributed by atoms with van der Waals surface area (Å²) in [5.41, 5.74) is 1.13. The van der Waals surface area contributed by atoms with Crippen molar-refractivity contribution in [3.05, 3.63) is 41.1 Å². The molecular weight excluding hydrogens is 290 g/mol. The SMILES string of the molecule is Cc1cnn(C[C@H]2CCCCN2C(=O)c2ccc(Cl)o2)c1. The van der Waals surface area contributed by atoms with E-state index in [9.17, 15) is 4.79 Å². The number of amides is 1. The van der Waals surface area contributed by atoms with Crippen molar-refractivity contribution in [1.82, 2.24) is 14.7 Å². The second kappa shape index (κ2) is 5.93. The molecule has 0 N–H and O–H groups in total. The Morgan fingerprint density at radius 1 is 1.48 bits per heavy atom. The molecule has 1 aliphatic heterocycles. The summed E-state index contributed by atoms with van der Waals surface area (Å²) >= 11 is 5.76. The van der Waals surface area contributed by atoms with Gasteiger partial charge in [0.15, 0.2) is 11.0 Å². The molecular formula is C15H18ClN3O2. The number of rotatable bonds is 3. The minimum atomic E-state index is -0.0875. The quantitative estimate of drug-likeness (QED) is 0.875. The van der Waals surface area contributed by atoms with Crippen molar-refractivity contribution in [2.24, 2.45) is 0 Å². The van der Waals surface area contributed by atoms with Crippen molar-refractivity contribution in [3.63, 3.8) is 0 Å². The van der Waals surface area contributed by atoms with Gasteiger partial charge >= 0.3 is 0 Å². The minimum absolute atomic E-state index is 0.0875. The van der Waals surface area contributed by atoms with Crippen LogP contribution in [0.4, 0.5) is 0 Å². The van der Waals surface area contributed by atoms with Gasteiger partial charge in [0.25, 0.3) is 5.91 Å². The minimum Gasteiger partial charge on any atom is -0.440 e. The van der Waals surface area contributed by atoms with Crippen LogP contribution >= 0.6 is 11.6 Å². The first kappa shape index (κ1) is 14.2. The molecule has 0 bridgehead atoms. The van der Waals surface area contributed by atoms with Crippen molar-refractivity contribution in [3.8, 4) is 0 Å². The van der Waals surface area contributed by atoms with Gasteiger partial charge in [0.05, 0.1) is 18.8 Å². The molecule has 1 aliphatic rings. The Labute approximate surface area is 128 Å². The van der Waals surface area contributed by atoms with Crippen LogP contribution in [0.5, 0.6) is 0 Å². The van der Waals surface area contributed by atoms with Gasteiger partial charge in [-0.2, -0.15) is 5.10 Å². The number of carbonyl (C=O) groups excluding carboxylic acids is 1. The molecule has 0 saturated carbocycles. The molecule has 6 heteroatoms. The number of aryl methyl sites for hydroxylation is 1. The van der Waals surface area contributed by atoms with Crippen LogP contribution in [-0.4, -0.2) is 33.2 Å². The molecule has 1 fully saturated rings. The average molecular weight is 308 g/mol. The third-order valence-corrected chi connectivity index (χ3v) is 4.04. The normalized spacial score (nSPS) is 19.0. The number of carbonyl (C=O) groups is 1. The number of halogens is 1. The lowest BCUT2D eigenvalue weighted by atomic mass is 10.0. The number of hydrogen-bond acceptors (Lipinski definition) is 3. The van der Waals surface area contributed by atoms with E-state index in [1.54, 1.807) is 12.1 Å². The Morgan fingerprint density at radius 3 is 3.00 bits per heavy atom. The highest BCUT2D eigenvalue weighted by molar-refractivity contribution is 6.29. The second-order valence-electron chi connectivity index (χ2n) is 5.49. The molecule has 5 nitrogen and oxygen atoms in total. The van der Waals surface area contributed by atoms with Gasteiger partial charge in [0.2, 0.25) is 0 Å². The summed E-state index contributed by atoms with van der Waals surface area (Å²) in [5, 5.41) is 4.56. The number of furan rings is 1. The van der Waals surface area contributed by atoms with Crippen LogP contribution in [0, 0.1) is 6.92 Å². The van der Waals surface area contributed by atoms with Crippen LogP contribution in [0.15, 0.2) is 28.9 Å². The lowest BCUT2D eigenvalue weighted by molar-refractivity contribution is 0.0552. The molecule has 1 saturated heterocycles. The predicted octanol–water partition coefficient (Wildman–Crippen LogP) is 3.13. The number of likely N-dealkylation sites (tertiary alicyclic amines) is 1. The zero-order valence-corrected chi connectivity index (χ0v) is 12.7. The Hall–Kier alpha value is -1.75. The zero-order chi connectivity index (χ0) is 14.8. The van der Waals surface area contributed by atoms with Crippen molar-refractivity contribution in [2.75, 3.05) is 6.54 Å². The highest BCUT2D eigenvalue weighted by atomic mass is 35.5. The van der Waals surface area contributed by atoms with Crippen LogP contribution < -0.4 is 0 Å². The molecule has 0 unspecified atom stereocenters. The molecule has 1 amide bonds. The third-order valence-electron chi connectivity index (χ3n) is 3.83. The van der Waals surface area contributed by atoms with Gasteiger partial charge in [0, 0.05) is 12.7 Å². The van der Waals surface area contributed by atoms with Crippen LogP contribution in [-0.2, 0) is 6.54 Å². The average Bonchev–Trinajstić information content (AvgIpc) is 3.08. The molecule has 1 atom stereocenters. The lowest BCUT2D eigenvalue weighted by Crippen LogP contribution is -2.45. The summed E-state index contributed by atoms with van der Waals surface area (Å²) in [6.07, 6.45) is 6.98. The Bertz CT molecular complexity index is 634. The van der Waals surface area contributed by atoms with E-state index in [1.165, 1.54) is 0 Å². The molecule has 0 aliphatic carbocycles. The lowest BCUT2D eigenvalue weighted by Gasteiger charge is -2.35. The summed E-state index contributed by atoms with van der Waals surface area (Å²) in [6, 6.07) is 3.38. The smallest absolute Gasteiger partial charge is 0.289 e. The van der Waals surface area contributed by atoms with Gasteiger partial charge in [-0.25, -0.2) is 0 Å². The number of piperidine rings is 1. The third kappa shape index (κ3) is 3.13. The molecule has 21 heavy (non-hydrogen) atoms. The van der Waals surface area contributed by atoms with E-state index in [0.29, 0.717) is 12.3 Å². The molecule has 3 rings (SSSR count). The van der Waals surface area contributed by atoms with E-state index in [0.717, 1.165) is 31.4 Å². The molecule has 2 aromatic heterocycles. The van der Waals surface area contributed by atoms with Crippen LogP contribution in [0.2, 0.25) is 5.22 Å². The number of hydrogen-bond donors (Lipinski definition) is 0. The Balaban J connectivity index is 1.76. The Kier molecular flexibility index (Phi) is 4.01. The van der Waals surface area contributed by atoms with Crippen LogP contribution in [0.1, 0.15) is 35.4 Å². The summed E-state index contributed by atoms with van der Waals surface area (Å²) in [7, 11) is 0. The number of nitrogens with zero attached hydrogens (tertiary/aromatic N) is 3. The van der Waals surface area contributed by atoms with E-state index < -0.39 is 0 Å². The van der Waals surface area contributed by atoms with E-state index in [2.05, 4.69) is 5.10 Å². The van der Waals surface area contributed by atoms with Gasteiger partial charge in [-0.05, 0) is 55.5 Å². The maximum absolute atomic E-state index is 12.6. The monoisotopic (exact) mass is 307 g/mol. The van der Waals surface area contributed by atoms with E-state index >= 15 is 0 Å². The highest BCUT2D eigenvalue weighted by Crippen LogP contribution is 2.23. The van der Waals surface area contributed by atoms with Gasteiger partial charge in [-0.3, -0.25) is 9.48 Å². The largest absolute Gasteiger partial charge is 0.440 e. The maximum Gasteiger partial charge on any atom is 0.289 e. The van der Waals surface area contributed by atoms with Crippen LogP contribution in [0.25, 0.3) is 0 Å². The van der Waals surface area contributed by atoms with Crippen molar-refractivity contribution in [1.29, 1.82) is 0 Å². The van der Waals surface area contributed by atoms with E-state index in [4.69, 9.17) is 16.0 Å². The fraction of sp³-hybridized carbons (Fsp3) is 0.467. The molecule has 3 heterocycles. The fourth-order valence-corrected chi connectivity index (χ4v) is 2.96.